The van der Waals surface area contributed by atoms with Gasteiger partial charge in [-0.25, -0.2) is 19.0 Å². The van der Waals surface area contributed by atoms with Crippen LogP contribution >= 0.6 is 22.6 Å². The first-order valence-electron chi connectivity index (χ1n) is 11.6. The molecule has 0 bridgehead atoms. The zero-order chi connectivity index (χ0) is 24.1. The van der Waals surface area contributed by atoms with Crippen LogP contribution in [0.2, 0.25) is 25.7 Å². The van der Waals surface area contributed by atoms with Crippen molar-refractivity contribution >= 4 is 47.6 Å². The Bertz CT molecular complexity index is 1210. The minimum absolute atomic E-state index is 0.268. The van der Waals surface area contributed by atoms with Gasteiger partial charge in [0.2, 0.25) is 0 Å². The Balaban J connectivity index is 1.29. The lowest BCUT2D eigenvalue weighted by atomic mass is 9.83. The molecule has 1 atom stereocenters. The number of aromatic nitrogens is 4. The predicted molar refractivity (Wildman–Crippen MR) is 140 cm³/mol. The minimum Gasteiger partial charge on any atom is -0.485 e. The summed E-state index contributed by atoms with van der Waals surface area (Å²) in [6, 6.07) is 5.46. The number of halogens is 2. The Kier molecular flexibility index (Phi) is 6.32. The number of nitrogens with two attached hydrogens (primary N) is 1. The Morgan fingerprint density at radius 3 is 2.79 bits per heavy atom. The average Bonchev–Trinajstić information content (AvgIpc) is 3.24. The highest BCUT2D eigenvalue weighted by Crippen LogP contribution is 2.47. The summed E-state index contributed by atoms with van der Waals surface area (Å²) in [5.41, 5.74) is 8.44. The molecule has 1 fully saturated rings. The van der Waals surface area contributed by atoms with Crippen LogP contribution in [0.25, 0.3) is 11.2 Å². The lowest BCUT2D eigenvalue weighted by Crippen LogP contribution is -2.51. The normalized spacial score (nSPS) is 19.6. The van der Waals surface area contributed by atoms with Gasteiger partial charge in [0.25, 0.3) is 0 Å². The summed E-state index contributed by atoms with van der Waals surface area (Å²) in [6.07, 6.45) is 3.25. The topological polar surface area (TPSA) is 91.3 Å². The molecule has 3 aromatic rings. The highest BCUT2D eigenvalue weighted by molar-refractivity contribution is 14.1. The van der Waals surface area contributed by atoms with Gasteiger partial charge < -0.3 is 20.1 Å². The maximum Gasteiger partial charge on any atom is 0.182 e. The molecule has 11 heteroatoms. The van der Waals surface area contributed by atoms with E-state index in [2.05, 4.69) is 57.2 Å². The molecule has 2 aliphatic heterocycles. The Labute approximate surface area is 213 Å². The van der Waals surface area contributed by atoms with Crippen molar-refractivity contribution in [3.63, 3.8) is 0 Å². The van der Waals surface area contributed by atoms with E-state index in [1.165, 1.54) is 12.1 Å². The monoisotopic (exact) mass is 596 g/mol. The van der Waals surface area contributed by atoms with Gasteiger partial charge >= 0.3 is 0 Å². The molecule has 0 radical (unpaired) electrons. The van der Waals surface area contributed by atoms with Gasteiger partial charge in [0, 0.05) is 52.2 Å². The number of rotatable bonds is 6. The van der Waals surface area contributed by atoms with Crippen molar-refractivity contribution in [2.45, 2.75) is 56.9 Å². The van der Waals surface area contributed by atoms with E-state index in [1.54, 1.807) is 16.9 Å². The number of piperidine rings is 1. The summed E-state index contributed by atoms with van der Waals surface area (Å²) < 4.78 is 28.4. The van der Waals surface area contributed by atoms with E-state index >= 15 is 0 Å². The molecular weight excluding hydrogens is 566 g/mol. The second kappa shape index (κ2) is 8.99. The molecule has 0 unspecified atom stereocenters. The maximum atomic E-state index is 13.7. The fraction of sp³-hybridized carbons (Fsp3) is 0.522. The zero-order valence-corrected chi connectivity index (χ0v) is 22.9. The summed E-state index contributed by atoms with van der Waals surface area (Å²) in [5, 5.41) is 4.59. The summed E-state index contributed by atoms with van der Waals surface area (Å²) in [6.45, 7) is 9.55. The van der Waals surface area contributed by atoms with Crippen molar-refractivity contribution in [1.29, 1.82) is 0 Å². The smallest absolute Gasteiger partial charge is 0.182 e. The van der Waals surface area contributed by atoms with Crippen molar-refractivity contribution < 1.29 is 13.9 Å². The third kappa shape index (κ3) is 4.54. The first-order valence-corrected chi connectivity index (χ1v) is 16.4. The third-order valence-corrected chi connectivity index (χ3v) is 9.15. The molecule has 0 saturated carbocycles. The SMILES string of the molecule is C[Si](C)(C)CCOCn1nc(I)c2ncc(N3CCC4(CC3)Oc3cc(F)ccc3[C@H]4N)nc21. The molecule has 8 nitrogen and oxygen atoms in total. The summed E-state index contributed by atoms with van der Waals surface area (Å²) in [7, 11) is -1.15. The number of hydrogen-bond acceptors (Lipinski definition) is 7. The van der Waals surface area contributed by atoms with E-state index in [9.17, 15) is 4.39 Å². The standard InChI is InChI=1S/C23H30FIN6O2Si/c1-34(2,3)11-10-32-14-31-22-19(21(25)29-31)27-13-18(28-22)30-8-6-23(7-9-30)20(26)16-5-4-15(24)12-17(16)33-23/h4-5,12-13,20H,6-11,14,26H2,1-3H3/t20-/m1/s1. The quantitative estimate of drug-likeness (QED) is 0.258. The van der Waals surface area contributed by atoms with Crippen molar-refractivity contribution in [3.8, 4) is 5.75 Å². The number of hydrogen-bond donors (Lipinski definition) is 1. The summed E-state index contributed by atoms with van der Waals surface area (Å²) in [5.74, 6) is 1.06. The molecule has 1 aromatic carbocycles. The molecule has 0 amide bonds. The van der Waals surface area contributed by atoms with Crippen LogP contribution in [0.5, 0.6) is 5.75 Å². The van der Waals surface area contributed by atoms with Gasteiger partial charge in [-0.2, -0.15) is 5.10 Å². The first kappa shape index (κ1) is 23.9. The number of fused-ring (bicyclic) bond motifs is 2. The van der Waals surface area contributed by atoms with Crippen LogP contribution < -0.4 is 15.4 Å². The number of ether oxygens (including phenoxy) is 2. The highest BCUT2D eigenvalue weighted by Gasteiger charge is 2.48. The molecule has 2 N–H and O–H groups in total. The van der Waals surface area contributed by atoms with Gasteiger partial charge in [0.15, 0.2) is 9.35 Å². The lowest BCUT2D eigenvalue weighted by molar-refractivity contribution is 0.0429. The zero-order valence-electron chi connectivity index (χ0n) is 19.7. The Hall–Kier alpha value is -1.83. The van der Waals surface area contributed by atoms with Crippen molar-refractivity contribution in [2.24, 2.45) is 5.73 Å². The molecule has 4 heterocycles. The van der Waals surface area contributed by atoms with Gasteiger partial charge in [-0.3, -0.25) is 0 Å². The van der Waals surface area contributed by atoms with Crippen LogP contribution in [0, 0.1) is 9.52 Å². The molecule has 5 rings (SSSR count). The van der Waals surface area contributed by atoms with E-state index in [-0.39, 0.29) is 11.9 Å². The lowest BCUT2D eigenvalue weighted by Gasteiger charge is -2.41. The van der Waals surface area contributed by atoms with Gasteiger partial charge in [-0.15, -0.1) is 0 Å². The second-order valence-corrected chi connectivity index (χ2v) is 17.0. The van der Waals surface area contributed by atoms with Crippen molar-refractivity contribution in [1.82, 2.24) is 19.7 Å². The van der Waals surface area contributed by atoms with Crippen molar-refractivity contribution in [2.75, 3.05) is 24.6 Å². The summed E-state index contributed by atoms with van der Waals surface area (Å²) in [4.78, 5) is 11.7. The minimum atomic E-state index is -1.15. The van der Waals surface area contributed by atoms with Gasteiger partial charge in [-0.05, 0) is 34.7 Å². The van der Waals surface area contributed by atoms with Crippen LogP contribution in [-0.2, 0) is 11.5 Å². The number of nitrogens with zero attached hydrogens (tertiary/aromatic N) is 5. The fourth-order valence-corrected chi connectivity index (χ4v) is 6.01. The highest BCUT2D eigenvalue weighted by atomic mass is 127. The van der Waals surface area contributed by atoms with Crippen molar-refractivity contribution in [3.05, 3.63) is 39.5 Å². The number of anilines is 1. The molecule has 182 valence electrons. The van der Waals surface area contributed by atoms with Gasteiger partial charge in [0.05, 0.1) is 12.2 Å². The third-order valence-electron chi connectivity index (χ3n) is 6.72. The molecule has 34 heavy (non-hydrogen) atoms. The maximum absolute atomic E-state index is 13.7. The fourth-order valence-electron chi connectivity index (χ4n) is 4.62. The first-order chi connectivity index (χ1) is 16.2. The largest absolute Gasteiger partial charge is 0.485 e. The van der Waals surface area contributed by atoms with Crippen LogP contribution in [0.15, 0.2) is 24.4 Å². The van der Waals surface area contributed by atoms with E-state index in [1.807, 2.05) is 0 Å². The Morgan fingerprint density at radius 1 is 1.29 bits per heavy atom. The second-order valence-electron chi connectivity index (χ2n) is 10.4. The molecule has 1 spiro atoms. The predicted octanol–water partition coefficient (Wildman–Crippen LogP) is 4.31. The Morgan fingerprint density at radius 2 is 2.06 bits per heavy atom. The van der Waals surface area contributed by atoms with E-state index in [0.29, 0.717) is 12.5 Å². The molecule has 2 aromatic heterocycles. The van der Waals surface area contributed by atoms with Gasteiger partial charge in [0.1, 0.15) is 35.2 Å². The van der Waals surface area contributed by atoms with Gasteiger partial charge in [-0.1, -0.05) is 25.7 Å². The van der Waals surface area contributed by atoms with E-state index in [4.69, 9.17) is 20.2 Å². The van der Waals surface area contributed by atoms with Crippen LogP contribution in [0.3, 0.4) is 0 Å². The van der Waals surface area contributed by atoms with E-state index < -0.39 is 13.7 Å². The molecule has 2 aliphatic rings. The van der Waals surface area contributed by atoms with Crippen LogP contribution in [0.1, 0.15) is 24.4 Å². The summed E-state index contributed by atoms with van der Waals surface area (Å²) >= 11 is 2.19. The van der Waals surface area contributed by atoms with Crippen LogP contribution in [0.4, 0.5) is 10.2 Å². The molecule has 1 saturated heterocycles. The van der Waals surface area contributed by atoms with Crippen LogP contribution in [-0.4, -0.2) is 53.1 Å². The molecular formula is C23H30FIN6O2Si. The molecule has 0 aliphatic carbocycles. The number of benzene rings is 1. The van der Waals surface area contributed by atoms with E-state index in [0.717, 1.165) is 64.8 Å². The average molecular weight is 597 g/mol.